The lowest BCUT2D eigenvalue weighted by atomic mass is 9.97. The fraction of sp³-hybridized carbons (Fsp3) is 0.154. The third kappa shape index (κ3) is 2.46. The number of primary amides is 1. The molecule has 0 aliphatic rings. The first-order chi connectivity index (χ1) is 8.59. The van der Waals surface area contributed by atoms with Crippen LogP contribution in [0.4, 0.5) is 0 Å². The maximum absolute atomic E-state index is 12.1. The highest BCUT2D eigenvalue weighted by molar-refractivity contribution is 7.11. The van der Waals surface area contributed by atoms with E-state index in [4.69, 9.17) is 5.73 Å². The predicted molar refractivity (Wildman–Crippen MR) is 69.6 cm³/mol. The zero-order valence-corrected chi connectivity index (χ0v) is 10.6. The zero-order valence-electron chi connectivity index (χ0n) is 9.79. The Kier molecular flexibility index (Phi) is 3.53. The van der Waals surface area contributed by atoms with Gasteiger partial charge in [-0.1, -0.05) is 18.2 Å². The average Bonchev–Trinajstić information content (AvgIpc) is 2.91. The van der Waals surface area contributed by atoms with E-state index in [1.165, 1.54) is 11.3 Å². The number of aromatic nitrogens is 1. The molecule has 0 bridgehead atoms. The van der Waals surface area contributed by atoms with Crippen molar-refractivity contribution in [2.45, 2.75) is 12.8 Å². The molecule has 0 saturated carbocycles. The molecule has 0 aliphatic heterocycles. The van der Waals surface area contributed by atoms with E-state index in [-0.39, 0.29) is 5.78 Å². The van der Waals surface area contributed by atoms with Crippen LogP contribution in [-0.4, -0.2) is 16.7 Å². The number of hydrogen-bond donors (Lipinski definition) is 1. The van der Waals surface area contributed by atoms with Crippen LogP contribution >= 0.6 is 11.3 Å². The SMILES string of the molecule is C[C@@H](C(N)=O)c1cccc(C(=O)c2nccs2)c1. The van der Waals surface area contributed by atoms with E-state index < -0.39 is 11.8 Å². The Hall–Kier alpha value is -2.01. The first-order valence-corrected chi connectivity index (χ1v) is 6.31. The second-order valence-corrected chi connectivity index (χ2v) is 4.81. The van der Waals surface area contributed by atoms with Crippen LogP contribution in [0.25, 0.3) is 0 Å². The first-order valence-electron chi connectivity index (χ1n) is 5.43. The molecule has 2 aromatic rings. The monoisotopic (exact) mass is 260 g/mol. The smallest absolute Gasteiger partial charge is 0.224 e. The molecule has 2 rings (SSSR count). The average molecular weight is 260 g/mol. The maximum Gasteiger partial charge on any atom is 0.224 e. The molecule has 92 valence electrons. The van der Waals surface area contributed by atoms with Gasteiger partial charge in [-0.05, 0) is 18.6 Å². The molecule has 1 amide bonds. The Morgan fingerprint density at radius 1 is 1.39 bits per heavy atom. The van der Waals surface area contributed by atoms with Gasteiger partial charge in [-0.2, -0.15) is 0 Å². The molecule has 0 aliphatic carbocycles. The topological polar surface area (TPSA) is 73.1 Å². The molecule has 0 saturated heterocycles. The number of amides is 1. The summed E-state index contributed by atoms with van der Waals surface area (Å²) in [6.45, 7) is 1.72. The quantitative estimate of drug-likeness (QED) is 0.854. The second kappa shape index (κ2) is 5.10. The van der Waals surface area contributed by atoms with Gasteiger partial charge in [-0.15, -0.1) is 11.3 Å². The van der Waals surface area contributed by atoms with Crippen LogP contribution in [0, 0.1) is 0 Å². The van der Waals surface area contributed by atoms with E-state index in [1.54, 1.807) is 42.8 Å². The minimum Gasteiger partial charge on any atom is -0.369 e. The highest BCUT2D eigenvalue weighted by atomic mass is 32.1. The van der Waals surface area contributed by atoms with Gasteiger partial charge in [-0.25, -0.2) is 4.98 Å². The minimum absolute atomic E-state index is 0.136. The predicted octanol–water partition coefficient (Wildman–Crippen LogP) is 1.96. The molecule has 2 N–H and O–H groups in total. The lowest BCUT2D eigenvalue weighted by Crippen LogP contribution is -2.19. The van der Waals surface area contributed by atoms with E-state index in [0.717, 1.165) is 5.56 Å². The number of carbonyl (C=O) groups is 2. The van der Waals surface area contributed by atoms with Gasteiger partial charge in [0.05, 0.1) is 5.92 Å². The van der Waals surface area contributed by atoms with Crippen molar-refractivity contribution in [3.8, 4) is 0 Å². The number of ketones is 1. The summed E-state index contributed by atoms with van der Waals surface area (Å²) in [6.07, 6.45) is 1.59. The molecule has 1 aromatic heterocycles. The maximum atomic E-state index is 12.1. The molecule has 18 heavy (non-hydrogen) atoms. The van der Waals surface area contributed by atoms with Gasteiger partial charge in [0.25, 0.3) is 0 Å². The number of nitrogens with two attached hydrogens (primary N) is 1. The largest absolute Gasteiger partial charge is 0.369 e. The molecule has 1 atom stereocenters. The second-order valence-electron chi connectivity index (χ2n) is 3.92. The summed E-state index contributed by atoms with van der Waals surface area (Å²) in [5, 5.41) is 2.20. The number of hydrogen-bond acceptors (Lipinski definition) is 4. The Bertz CT molecular complexity index is 578. The summed E-state index contributed by atoms with van der Waals surface area (Å²) in [4.78, 5) is 27.2. The Morgan fingerprint density at radius 2 is 2.17 bits per heavy atom. The van der Waals surface area contributed by atoms with Crippen molar-refractivity contribution in [1.82, 2.24) is 4.98 Å². The summed E-state index contributed by atoms with van der Waals surface area (Å²) in [7, 11) is 0. The summed E-state index contributed by atoms with van der Waals surface area (Å²) in [5.41, 5.74) is 6.52. The van der Waals surface area contributed by atoms with Crippen LogP contribution < -0.4 is 5.73 Å². The third-order valence-corrected chi connectivity index (χ3v) is 3.47. The van der Waals surface area contributed by atoms with E-state index in [2.05, 4.69) is 4.98 Å². The number of carbonyl (C=O) groups excluding carboxylic acids is 2. The van der Waals surface area contributed by atoms with Gasteiger partial charge < -0.3 is 5.73 Å². The summed E-state index contributed by atoms with van der Waals surface area (Å²) in [6, 6.07) is 6.93. The van der Waals surface area contributed by atoms with E-state index in [9.17, 15) is 9.59 Å². The van der Waals surface area contributed by atoms with Gasteiger partial charge in [0.15, 0.2) is 5.01 Å². The van der Waals surface area contributed by atoms with Gasteiger partial charge in [0, 0.05) is 17.1 Å². The molecule has 4 nitrogen and oxygen atoms in total. The zero-order chi connectivity index (χ0) is 13.1. The van der Waals surface area contributed by atoms with E-state index in [1.807, 2.05) is 0 Å². The highest BCUT2D eigenvalue weighted by Crippen LogP contribution is 2.19. The van der Waals surface area contributed by atoms with E-state index in [0.29, 0.717) is 10.6 Å². The van der Waals surface area contributed by atoms with Crippen LogP contribution in [0.3, 0.4) is 0 Å². The Morgan fingerprint density at radius 3 is 2.78 bits per heavy atom. The van der Waals surface area contributed by atoms with E-state index >= 15 is 0 Å². The fourth-order valence-electron chi connectivity index (χ4n) is 1.57. The van der Waals surface area contributed by atoms with Crippen molar-refractivity contribution in [3.63, 3.8) is 0 Å². The fourth-order valence-corrected chi connectivity index (χ4v) is 2.17. The van der Waals surface area contributed by atoms with Crippen molar-refractivity contribution in [2.75, 3.05) is 0 Å². The summed E-state index contributed by atoms with van der Waals surface area (Å²) < 4.78 is 0. The van der Waals surface area contributed by atoms with Crippen LogP contribution in [0.2, 0.25) is 0 Å². The van der Waals surface area contributed by atoms with Crippen LogP contribution in [-0.2, 0) is 4.79 Å². The van der Waals surface area contributed by atoms with Crippen molar-refractivity contribution in [3.05, 3.63) is 52.0 Å². The molecule has 0 radical (unpaired) electrons. The number of thiazole rings is 1. The van der Waals surface area contributed by atoms with Gasteiger partial charge in [-0.3, -0.25) is 9.59 Å². The molecule has 0 unspecified atom stereocenters. The van der Waals surface area contributed by atoms with Crippen molar-refractivity contribution >= 4 is 23.0 Å². The Balaban J connectivity index is 2.33. The van der Waals surface area contributed by atoms with Gasteiger partial charge >= 0.3 is 0 Å². The van der Waals surface area contributed by atoms with Gasteiger partial charge in [0.2, 0.25) is 11.7 Å². The lowest BCUT2D eigenvalue weighted by molar-refractivity contribution is -0.119. The van der Waals surface area contributed by atoms with Crippen LogP contribution in [0.1, 0.15) is 33.8 Å². The van der Waals surface area contributed by atoms with Crippen LogP contribution in [0.5, 0.6) is 0 Å². The molecule has 1 heterocycles. The standard InChI is InChI=1S/C13H12N2O2S/c1-8(12(14)17)9-3-2-4-10(7-9)11(16)13-15-5-6-18-13/h2-8H,1H3,(H2,14,17)/t8-/m1/s1. The molecule has 1 aromatic carbocycles. The number of benzene rings is 1. The number of nitrogens with zero attached hydrogens (tertiary/aromatic N) is 1. The van der Waals surface area contributed by atoms with Crippen LogP contribution in [0.15, 0.2) is 35.8 Å². The summed E-state index contributed by atoms with van der Waals surface area (Å²) >= 11 is 1.29. The summed E-state index contributed by atoms with van der Waals surface area (Å²) in [5.74, 6) is -0.952. The van der Waals surface area contributed by atoms with Crippen molar-refractivity contribution in [2.24, 2.45) is 5.73 Å². The molecular weight excluding hydrogens is 248 g/mol. The molecule has 0 fully saturated rings. The van der Waals surface area contributed by atoms with Crippen molar-refractivity contribution in [1.29, 1.82) is 0 Å². The Labute approximate surface area is 108 Å². The highest BCUT2D eigenvalue weighted by Gasteiger charge is 2.16. The normalized spacial score (nSPS) is 12.1. The lowest BCUT2D eigenvalue weighted by Gasteiger charge is -2.08. The third-order valence-electron chi connectivity index (χ3n) is 2.70. The minimum atomic E-state index is -0.408. The molecule has 5 heteroatoms. The molecule has 0 spiro atoms. The first kappa shape index (κ1) is 12.4. The molecular formula is C13H12N2O2S. The van der Waals surface area contributed by atoms with Crippen molar-refractivity contribution < 1.29 is 9.59 Å². The van der Waals surface area contributed by atoms with Gasteiger partial charge in [0.1, 0.15) is 0 Å². The number of rotatable bonds is 4.